The van der Waals surface area contributed by atoms with Crippen LogP contribution < -0.4 is 5.32 Å². The number of nitrogens with zero attached hydrogens (tertiary/aromatic N) is 2. The van der Waals surface area contributed by atoms with Crippen LogP contribution in [0.25, 0.3) is 11.0 Å². The van der Waals surface area contributed by atoms with Crippen LogP contribution in [0.3, 0.4) is 0 Å². The number of aromatic nitrogens is 2. The fraction of sp³-hybridized carbons (Fsp3) is 0.217. The standard InChI is InChI=1S/C23H22FN3O2/c1-14-7-8-19-17(13-29-22(19)15(14)2)12-20(28)26-21(23-25-9-10-27(23)3)16-5-4-6-18(24)11-16/h4-11,13,21H,12H2,1-3H3,(H,26,28). The van der Waals surface area contributed by atoms with Crippen molar-refractivity contribution in [2.45, 2.75) is 26.3 Å². The van der Waals surface area contributed by atoms with E-state index in [4.69, 9.17) is 4.42 Å². The molecule has 0 bridgehead atoms. The predicted molar refractivity (Wildman–Crippen MR) is 109 cm³/mol. The van der Waals surface area contributed by atoms with Crippen LogP contribution in [0.5, 0.6) is 0 Å². The molecule has 4 rings (SSSR count). The molecule has 0 aliphatic rings. The van der Waals surface area contributed by atoms with Crippen LogP contribution in [0.1, 0.15) is 34.1 Å². The second kappa shape index (κ2) is 7.54. The molecule has 1 atom stereocenters. The number of hydrogen-bond donors (Lipinski definition) is 1. The molecule has 2 aromatic carbocycles. The van der Waals surface area contributed by atoms with Crippen LogP contribution in [0.4, 0.5) is 4.39 Å². The number of furan rings is 1. The van der Waals surface area contributed by atoms with E-state index in [2.05, 4.69) is 10.3 Å². The molecule has 1 unspecified atom stereocenters. The van der Waals surface area contributed by atoms with Gasteiger partial charge < -0.3 is 14.3 Å². The van der Waals surface area contributed by atoms with Crippen molar-refractivity contribution in [2.24, 2.45) is 7.05 Å². The fourth-order valence-corrected chi connectivity index (χ4v) is 3.55. The molecule has 0 saturated heterocycles. The fourth-order valence-electron chi connectivity index (χ4n) is 3.55. The van der Waals surface area contributed by atoms with E-state index in [1.54, 1.807) is 30.8 Å². The van der Waals surface area contributed by atoms with Gasteiger partial charge in [-0.3, -0.25) is 4.79 Å². The summed E-state index contributed by atoms with van der Waals surface area (Å²) < 4.78 is 21.3. The molecule has 2 heterocycles. The SMILES string of the molecule is Cc1ccc2c(CC(=O)NC(c3cccc(F)c3)c3nccn3C)coc2c1C. The third kappa shape index (κ3) is 3.66. The van der Waals surface area contributed by atoms with Crippen molar-refractivity contribution in [1.29, 1.82) is 0 Å². The molecule has 29 heavy (non-hydrogen) atoms. The van der Waals surface area contributed by atoms with Gasteiger partial charge in [-0.2, -0.15) is 0 Å². The smallest absolute Gasteiger partial charge is 0.225 e. The Hall–Kier alpha value is -3.41. The van der Waals surface area contributed by atoms with Gasteiger partial charge in [-0.15, -0.1) is 0 Å². The van der Waals surface area contributed by atoms with Crippen LogP contribution in [0, 0.1) is 19.7 Å². The highest BCUT2D eigenvalue weighted by atomic mass is 19.1. The maximum Gasteiger partial charge on any atom is 0.225 e. The molecule has 0 radical (unpaired) electrons. The number of benzene rings is 2. The van der Waals surface area contributed by atoms with E-state index in [0.29, 0.717) is 11.4 Å². The van der Waals surface area contributed by atoms with Crippen LogP contribution >= 0.6 is 0 Å². The van der Waals surface area contributed by atoms with Crippen LogP contribution in [-0.4, -0.2) is 15.5 Å². The Kier molecular flexibility index (Phi) is 4.92. The Morgan fingerprint density at radius 2 is 2.10 bits per heavy atom. The third-order valence-corrected chi connectivity index (χ3v) is 5.30. The lowest BCUT2D eigenvalue weighted by molar-refractivity contribution is -0.121. The van der Waals surface area contributed by atoms with Crippen molar-refractivity contribution in [3.8, 4) is 0 Å². The van der Waals surface area contributed by atoms with Crippen LogP contribution in [0.15, 0.2) is 59.5 Å². The molecule has 0 fully saturated rings. The zero-order chi connectivity index (χ0) is 20.5. The lowest BCUT2D eigenvalue weighted by Gasteiger charge is -2.19. The van der Waals surface area contributed by atoms with Gasteiger partial charge in [-0.1, -0.05) is 24.3 Å². The monoisotopic (exact) mass is 391 g/mol. The average Bonchev–Trinajstić information content (AvgIpc) is 3.29. The van der Waals surface area contributed by atoms with Gasteiger partial charge in [0.2, 0.25) is 5.91 Å². The third-order valence-electron chi connectivity index (χ3n) is 5.30. The summed E-state index contributed by atoms with van der Waals surface area (Å²) in [7, 11) is 1.84. The van der Waals surface area contributed by atoms with E-state index in [1.807, 2.05) is 37.6 Å². The Balaban J connectivity index is 1.62. The number of carbonyl (C=O) groups excluding carboxylic acids is 1. The van der Waals surface area contributed by atoms with E-state index in [9.17, 15) is 9.18 Å². The van der Waals surface area contributed by atoms with E-state index >= 15 is 0 Å². The van der Waals surface area contributed by atoms with E-state index in [1.165, 1.54) is 12.1 Å². The van der Waals surface area contributed by atoms with E-state index in [0.717, 1.165) is 27.7 Å². The number of carbonyl (C=O) groups is 1. The van der Waals surface area contributed by atoms with Crippen molar-refractivity contribution in [3.05, 3.63) is 89.0 Å². The van der Waals surface area contributed by atoms with Gasteiger partial charge in [0.25, 0.3) is 0 Å². The minimum absolute atomic E-state index is 0.158. The minimum Gasteiger partial charge on any atom is -0.464 e. The normalized spacial score (nSPS) is 12.3. The average molecular weight is 391 g/mol. The number of rotatable bonds is 5. The van der Waals surface area contributed by atoms with Crippen LogP contribution in [0.2, 0.25) is 0 Å². The molecule has 0 saturated carbocycles. The molecule has 6 heteroatoms. The first-order valence-electron chi connectivity index (χ1n) is 9.42. The molecule has 1 amide bonds. The second-order valence-electron chi connectivity index (χ2n) is 7.27. The van der Waals surface area contributed by atoms with Gasteiger partial charge in [0.15, 0.2) is 0 Å². The predicted octanol–water partition coefficient (Wildman–Crippen LogP) is 4.37. The van der Waals surface area contributed by atoms with Gasteiger partial charge >= 0.3 is 0 Å². The first-order valence-corrected chi connectivity index (χ1v) is 9.42. The van der Waals surface area contributed by atoms with Gasteiger partial charge in [-0.05, 0) is 42.7 Å². The summed E-state index contributed by atoms with van der Waals surface area (Å²) in [6.07, 6.45) is 5.24. The summed E-state index contributed by atoms with van der Waals surface area (Å²) in [5.41, 5.74) is 4.47. The Morgan fingerprint density at radius 1 is 1.28 bits per heavy atom. The van der Waals surface area contributed by atoms with Crippen molar-refractivity contribution in [1.82, 2.24) is 14.9 Å². The van der Waals surface area contributed by atoms with E-state index in [-0.39, 0.29) is 18.1 Å². The molecule has 2 aromatic heterocycles. The summed E-state index contributed by atoms with van der Waals surface area (Å²) in [6, 6.07) is 9.65. The number of halogens is 1. The maximum absolute atomic E-state index is 13.8. The molecular formula is C23H22FN3O2. The zero-order valence-corrected chi connectivity index (χ0v) is 16.6. The molecule has 0 aliphatic heterocycles. The van der Waals surface area contributed by atoms with Crippen molar-refractivity contribution < 1.29 is 13.6 Å². The Morgan fingerprint density at radius 3 is 2.83 bits per heavy atom. The highest BCUT2D eigenvalue weighted by Crippen LogP contribution is 2.27. The van der Waals surface area contributed by atoms with Crippen molar-refractivity contribution in [3.63, 3.8) is 0 Å². The summed E-state index contributed by atoms with van der Waals surface area (Å²) in [5, 5.41) is 3.94. The molecule has 5 nitrogen and oxygen atoms in total. The van der Waals surface area contributed by atoms with Crippen LogP contribution in [-0.2, 0) is 18.3 Å². The van der Waals surface area contributed by atoms with E-state index < -0.39 is 6.04 Å². The Bertz CT molecular complexity index is 1190. The van der Waals surface area contributed by atoms with Crippen molar-refractivity contribution in [2.75, 3.05) is 0 Å². The number of amides is 1. The lowest BCUT2D eigenvalue weighted by atomic mass is 10.0. The molecule has 4 aromatic rings. The first-order chi connectivity index (χ1) is 13.9. The summed E-state index contributed by atoms with van der Waals surface area (Å²) in [5.74, 6) is 0.0818. The summed E-state index contributed by atoms with van der Waals surface area (Å²) in [4.78, 5) is 17.2. The summed E-state index contributed by atoms with van der Waals surface area (Å²) >= 11 is 0. The molecule has 148 valence electrons. The number of fused-ring (bicyclic) bond motifs is 1. The topological polar surface area (TPSA) is 60.1 Å². The summed E-state index contributed by atoms with van der Waals surface area (Å²) in [6.45, 7) is 4.03. The second-order valence-corrected chi connectivity index (χ2v) is 7.27. The number of nitrogens with one attached hydrogen (secondary N) is 1. The highest BCUT2D eigenvalue weighted by Gasteiger charge is 2.22. The number of hydrogen-bond acceptors (Lipinski definition) is 3. The number of imidazole rings is 1. The van der Waals surface area contributed by atoms with Gasteiger partial charge in [0.1, 0.15) is 23.3 Å². The van der Waals surface area contributed by atoms with Crippen molar-refractivity contribution >= 4 is 16.9 Å². The highest BCUT2D eigenvalue weighted by molar-refractivity contribution is 5.89. The first kappa shape index (κ1) is 18.9. The largest absolute Gasteiger partial charge is 0.464 e. The molecule has 0 aliphatic carbocycles. The van der Waals surface area contributed by atoms with Gasteiger partial charge in [0, 0.05) is 30.4 Å². The zero-order valence-electron chi connectivity index (χ0n) is 16.6. The van der Waals surface area contributed by atoms with Gasteiger partial charge in [0.05, 0.1) is 12.7 Å². The lowest BCUT2D eigenvalue weighted by Crippen LogP contribution is -2.32. The number of aryl methyl sites for hydroxylation is 3. The molecule has 0 spiro atoms. The molecular weight excluding hydrogens is 369 g/mol. The minimum atomic E-state index is -0.555. The quantitative estimate of drug-likeness (QED) is 0.550. The van der Waals surface area contributed by atoms with Gasteiger partial charge in [-0.25, -0.2) is 9.37 Å². The molecule has 1 N–H and O–H groups in total. The Labute approximate surface area is 168 Å². The maximum atomic E-state index is 13.8.